The average molecular weight is 363 g/mol. The van der Waals surface area contributed by atoms with E-state index in [0.29, 0.717) is 11.5 Å². The number of benzene rings is 1. The van der Waals surface area contributed by atoms with E-state index in [1.807, 2.05) is 0 Å². The molecule has 0 bridgehead atoms. The van der Waals surface area contributed by atoms with Gasteiger partial charge in [-0.25, -0.2) is 4.79 Å². The number of carboxylic acids is 1. The predicted octanol–water partition coefficient (Wildman–Crippen LogP) is 2.40. The van der Waals surface area contributed by atoms with Gasteiger partial charge in [0.05, 0.1) is 26.4 Å². The van der Waals surface area contributed by atoms with Crippen molar-refractivity contribution in [1.29, 1.82) is 0 Å². The third kappa shape index (κ3) is 5.49. The van der Waals surface area contributed by atoms with Gasteiger partial charge in [0.1, 0.15) is 0 Å². The molecule has 0 heterocycles. The summed E-state index contributed by atoms with van der Waals surface area (Å²) in [6, 6.07) is 3.66. The second-order valence-electron chi connectivity index (χ2n) is 6.08. The Morgan fingerprint density at radius 2 is 2.08 bits per heavy atom. The third-order valence-electron chi connectivity index (χ3n) is 4.15. The SMILES string of the molecule is C=CCOCC(NC(=O)c1ccc(OC2CCCC2)c(OC)c1)C(=O)O. The third-order valence-corrected chi connectivity index (χ3v) is 4.15. The van der Waals surface area contributed by atoms with E-state index in [1.165, 1.54) is 13.2 Å². The fourth-order valence-electron chi connectivity index (χ4n) is 2.78. The molecule has 1 fully saturated rings. The minimum atomic E-state index is -1.17. The van der Waals surface area contributed by atoms with Crippen molar-refractivity contribution in [2.75, 3.05) is 20.3 Å². The normalized spacial score (nSPS) is 15.3. The number of hydrogen-bond donors (Lipinski definition) is 2. The van der Waals surface area contributed by atoms with Crippen LogP contribution in [0.4, 0.5) is 0 Å². The first kappa shape index (κ1) is 19.8. The molecule has 1 aromatic rings. The first-order valence-corrected chi connectivity index (χ1v) is 8.62. The Labute approximate surface area is 152 Å². The maximum Gasteiger partial charge on any atom is 0.328 e. The molecule has 2 rings (SSSR count). The lowest BCUT2D eigenvalue weighted by Crippen LogP contribution is -2.44. The number of aliphatic carboxylic acids is 1. The van der Waals surface area contributed by atoms with Crippen molar-refractivity contribution in [3.8, 4) is 11.5 Å². The standard InChI is InChI=1S/C19H25NO6/c1-3-10-25-12-15(19(22)23)20-18(21)13-8-9-16(17(11-13)24-2)26-14-6-4-5-7-14/h3,8-9,11,14-15H,1,4-7,10,12H2,2H3,(H,20,21)(H,22,23). The number of carbonyl (C=O) groups is 2. The number of nitrogens with one attached hydrogen (secondary N) is 1. The summed E-state index contributed by atoms with van der Waals surface area (Å²) in [5, 5.41) is 11.6. The summed E-state index contributed by atoms with van der Waals surface area (Å²) in [5.74, 6) is -0.666. The Bertz CT molecular complexity index is 639. The fraction of sp³-hybridized carbons (Fsp3) is 0.474. The topological polar surface area (TPSA) is 94.1 Å². The zero-order valence-electron chi connectivity index (χ0n) is 14.9. The molecule has 1 amide bonds. The van der Waals surface area contributed by atoms with Crippen molar-refractivity contribution in [3.05, 3.63) is 36.4 Å². The highest BCUT2D eigenvalue weighted by Crippen LogP contribution is 2.32. The van der Waals surface area contributed by atoms with Crippen LogP contribution >= 0.6 is 0 Å². The van der Waals surface area contributed by atoms with Gasteiger partial charge < -0.3 is 24.6 Å². The number of methoxy groups -OCH3 is 1. The van der Waals surface area contributed by atoms with Gasteiger partial charge in [0.2, 0.25) is 0 Å². The molecule has 0 saturated heterocycles. The number of carbonyl (C=O) groups excluding carboxylic acids is 1. The van der Waals surface area contributed by atoms with Crippen molar-refractivity contribution in [2.24, 2.45) is 0 Å². The van der Waals surface area contributed by atoms with Gasteiger partial charge >= 0.3 is 5.97 Å². The Morgan fingerprint density at radius 3 is 2.69 bits per heavy atom. The summed E-state index contributed by atoms with van der Waals surface area (Å²) in [6.45, 7) is 3.55. The van der Waals surface area contributed by atoms with Crippen molar-refractivity contribution in [3.63, 3.8) is 0 Å². The molecule has 1 atom stereocenters. The Kier molecular flexibility index (Phi) is 7.47. The minimum absolute atomic E-state index is 0.146. The van der Waals surface area contributed by atoms with Gasteiger partial charge in [-0.3, -0.25) is 4.79 Å². The molecule has 7 heteroatoms. The zero-order chi connectivity index (χ0) is 18.9. The van der Waals surface area contributed by atoms with Crippen LogP contribution < -0.4 is 14.8 Å². The molecule has 7 nitrogen and oxygen atoms in total. The molecule has 0 radical (unpaired) electrons. The van der Waals surface area contributed by atoms with Gasteiger partial charge in [-0.2, -0.15) is 0 Å². The molecular weight excluding hydrogens is 338 g/mol. The average Bonchev–Trinajstić information content (AvgIpc) is 3.14. The van der Waals surface area contributed by atoms with E-state index in [4.69, 9.17) is 14.2 Å². The van der Waals surface area contributed by atoms with Gasteiger partial charge in [-0.05, 0) is 43.9 Å². The lowest BCUT2D eigenvalue weighted by Gasteiger charge is -2.17. The summed E-state index contributed by atoms with van der Waals surface area (Å²) >= 11 is 0. The van der Waals surface area contributed by atoms with Crippen LogP contribution in [0.3, 0.4) is 0 Å². The number of rotatable bonds is 10. The van der Waals surface area contributed by atoms with E-state index in [-0.39, 0.29) is 24.9 Å². The van der Waals surface area contributed by atoms with E-state index < -0.39 is 17.9 Å². The highest BCUT2D eigenvalue weighted by atomic mass is 16.5. The van der Waals surface area contributed by atoms with Crippen molar-refractivity contribution >= 4 is 11.9 Å². The van der Waals surface area contributed by atoms with E-state index >= 15 is 0 Å². The quantitative estimate of drug-likeness (QED) is 0.490. The van der Waals surface area contributed by atoms with Gasteiger partial charge in [-0.1, -0.05) is 6.08 Å². The second kappa shape index (κ2) is 9.82. The molecular formula is C19H25NO6. The van der Waals surface area contributed by atoms with Crippen LogP contribution in [-0.4, -0.2) is 49.5 Å². The minimum Gasteiger partial charge on any atom is -0.493 e. The van der Waals surface area contributed by atoms with Crippen LogP contribution in [0.2, 0.25) is 0 Å². The molecule has 0 aromatic heterocycles. The van der Waals surface area contributed by atoms with E-state index in [9.17, 15) is 14.7 Å². The first-order valence-electron chi connectivity index (χ1n) is 8.62. The number of amides is 1. The van der Waals surface area contributed by atoms with Crippen molar-refractivity contribution in [2.45, 2.75) is 37.8 Å². The fourth-order valence-corrected chi connectivity index (χ4v) is 2.78. The van der Waals surface area contributed by atoms with E-state index in [2.05, 4.69) is 11.9 Å². The van der Waals surface area contributed by atoms with Crippen LogP contribution in [0.5, 0.6) is 11.5 Å². The number of ether oxygens (including phenoxy) is 3. The summed E-state index contributed by atoms with van der Waals surface area (Å²) in [6.07, 6.45) is 6.00. The molecule has 0 spiro atoms. The van der Waals surface area contributed by atoms with Crippen LogP contribution in [0.15, 0.2) is 30.9 Å². The molecule has 0 aliphatic heterocycles. The van der Waals surface area contributed by atoms with Gasteiger partial charge in [0.15, 0.2) is 17.5 Å². The van der Waals surface area contributed by atoms with Crippen molar-refractivity contribution < 1.29 is 28.9 Å². The van der Waals surface area contributed by atoms with Crippen LogP contribution in [0.25, 0.3) is 0 Å². The summed E-state index contributed by atoms with van der Waals surface area (Å²) in [7, 11) is 1.50. The van der Waals surface area contributed by atoms with Crippen LogP contribution in [0.1, 0.15) is 36.0 Å². The van der Waals surface area contributed by atoms with Gasteiger partial charge in [0.25, 0.3) is 5.91 Å². The summed E-state index contributed by atoms with van der Waals surface area (Å²) < 4.78 is 16.4. The summed E-state index contributed by atoms with van der Waals surface area (Å²) in [4.78, 5) is 23.6. The van der Waals surface area contributed by atoms with Crippen molar-refractivity contribution in [1.82, 2.24) is 5.32 Å². The Balaban J connectivity index is 2.04. The van der Waals surface area contributed by atoms with E-state index in [1.54, 1.807) is 18.2 Å². The van der Waals surface area contributed by atoms with Crippen LogP contribution in [-0.2, 0) is 9.53 Å². The molecule has 26 heavy (non-hydrogen) atoms. The molecule has 142 valence electrons. The lowest BCUT2D eigenvalue weighted by atomic mass is 10.1. The predicted molar refractivity (Wildman–Crippen MR) is 95.8 cm³/mol. The molecule has 1 aromatic carbocycles. The Morgan fingerprint density at radius 1 is 1.35 bits per heavy atom. The highest BCUT2D eigenvalue weighted by Gasteiger charge is 2.23. The monoisotopic (exact) mass is 363 g/mol. The van der Waals surface area contributed by atoms with Gasteiger partial charge in [-0.15, -0.1) is 6.58 Å². The second-order valence-corrected chi connectivity index (χ2v) is 6.08. The number of hydrogen-bond acceptors (Lipinski definition) is 5. The molecule has 1 saturated carbocycles. The molecule has 2 N–H and O–H groups in total. The molecule has 1 unspecified atom stereocenters. The maximum absolute atomic E-state index is 12.4. The zero-order valence-corrected chi connectivity index (χ0v) is 14.9. The lowest BCUT2D eigenvalue weighted by molar-refractivity contribution is -0.140. The maximum atomic E-state index is 12.4. The van der Waals surface area contributed by atoms with E-state index in [0.717, 1.165) is 25.7 Å². The Hall–Kier alpha value is -2.54. The number of carboxylic acid groups (broad SMARTS) is 1. The van der Waals surface area contributed by atoms with Crippen LogP contribution in [0, 0.1) is 0 Å². The smallest absolute Gasteiger partial charge is 0.328 e. The summed E-state index contributed by atoms with van der Waals surface area (Å²) in [5.41, 5.74) is 0.288. The highest BCUT2D eigenvalue weighted by molar-refractivity contribution is 5.97. The molecule has 1 aliphatic rings. The van der Waals surface area contributed by atoms with Gasteiger partial charge in [0, 0.05) is 5.56 Å². The largest absolute Gasteiger partial charge is 0.493 e. The first-order chi connectivity index (χ1) is 12.5. The molecule has 1 aliphatic carbocycles.